The van der Waals surface area contributed by atoms with Crippen molar-refractivity contribution < 1.29 is 36.3 Å². The lowest BCUT2D eigenvalue weighted by molar-refractivity contribution is -0.113. The normalized spacial score (nSPS) is 20.2. The predicted molar refractivity (Wildman–Crippen MR) is 138 cm³/mol. The minimum atomic E-state index is -3.55. The fourth-order valence-corrected chi connectivity index (χ4v) is 5.96. The van der Waals surface area contributed by atoms with Gasteiger partial charge in [0.05, 0.1) is 17.8 Å². The zero-order valence-corrected chi connectivity index (χ0v) is 22.5. The summed E-state index contributed by atoms with van der Waals surface area (Å²) >= 11 is 0. The van der Waals surface area contributed by atoms with Crippen molar-refractivity contribution in [3.05, 3.63) is 40.6 Å². The zero-order valence-electron chi connectivity index (χ0n) is 21.7. The number of ether oxygens (including phenoxy) is 2. The molecular weight excluding hydrogens is 534 g/mol. The van der Waals surface area contributed by atoms with E-state index in [-0.39, 0.29) is 30.5 Å². The summed E-state index contributed by atoms with van der Waals surface area (Å²) < 4.78 is 59.8. The number of nitrogens with one attached hydrogen (secondary N) is 2. The van der Waals surface area contributed by atoms with Crippen molar-refractivity contribution in [3.63, 3.8) is 0 Å². The molecule has 2 aliphatic carbocycles. The molecule has 1 aliphatic heterocycles. The van der Waals surface area contributed by atoms with Crippen LogP contribution < -0.4 is 15.4 Å². The predicted octanol–water partition coefficient (Wildman–Crippen LogP) is 2.45. The molecule has 39 heavy (non-hydrogen) atoms. The average Bonchev–Trinajstić information content (AvgIpc) is 3.53. The standard InChI is InChI=1S/C26H32F2N4O6S/c1-39(35,36)15-22(33)29-24-23-20(31-32(24)9-7-16-2-3-16)13-26(30-25(23)34)8-6-17-12-18(4-5-19(17)26)38-11-10-37-14-21(27)28/h4-5,12,16,21H,2-3,6-11,13-15H2,1H3,(H,29,33)(H,30,34)/t26-/m1/s1. The first-order valence-corrected chi connectivity index (χ1v) is 15.1. The Labute approximate surface area is 225 Å². The highest BCUT2D eigenvalue weighted by Crippen LogP contribution is 2.44. The number of hydrogen-bond acceptors (Lipinski definition) is 7. The van der Waals surface area contributed by atoms with Crippen LogP contribution in [0.2, 0.25) is 0 Å². The third-order valence-corrected chi connectivity index (χ3v) is 8.11. The van der Waals surface area contributed by atoms with E-state index in [2.05, 4.69) is 10.6 Å². The van der Waals surface area contributed by atoms with E-state index in [4.69, 9.17) is 14.6 Å². The number of halogens is 2. The molecule has 13 heteroatoms. The largest absolute Gasteiger partial charge is 0.491 e. The summed E-state index contributed by atoms with van der Waals surface area (Å²) in [5, 5.41) is 10.5. The molecule has 212 valence electrons. The third-order valence-electron chi connectivity index (χ3n) is 7.32. The number of aryl methyl sites for hydroxylation is 2. The van der Waals surface area contributed by atoms with Crippen molar-refractivity contribution in [2.75, 3.05) is 37.1 Å². The van der Waals surface area contributed by atoms with Gasteiger partial charge in [-0.1, -0.05) is 18.9 Å². The van der Waals surface area contributed by atoms with Crippen LogP contribution in [-0.4, -0.2) is 68.3 Å². The van der Waals surface area contributed by atoms with Gasteiger partial charge in [-0.3, -0.25) is 9.59 Å². The van der Waals surface area contributed by atoms with Crippen LogP contribution in [0.5, 0.6) is 5.75 Å². The summed E-state index contributed by atoms with van der Waals surface area (Å²) in [5.74, 6) is -0.332. The maximum Gasteiger partial charge on any atom is 0.261 e. The van der Waals surface area contributed by atoms with Crippen LogP contribution in [0.3, 0.4) is 0 Å². The fraction of sp³-hybridized carbons (Fsp3) is 0.577. The van der Waals surface area contributed by atoms with Gasteiger partial charge in [-0.25, -0.2) is 21.9 Å². The van der Waals surface area contributed by atoms with E-state index in [1.807, 2.05) is 12.1 Å². The van der Waals surface area contributed by atoms with Gasteiger partial charge in [-0.15, -0.1) is 0 Å². The van der Waals surface area contributed by atoms with Crippen LogP contribution in [0.15, 0.2) is 18.2 Å². The highest BCUT2D eigenvalue weighted by Gasteiger charge is 2.46. The van der Waals surface area contributed by atoms with Gasteiger partial charge in [-0.05, 0) is 48.4 Å². The van der Waals surface area contributed by atoms with Gasteiger partial charge in [0.25, 0.3) is 12.3 Å². The van der Waals surface area contributed by atoms with Crippen LogP contribution in [0.25, 0.3) is 0 Å². The second-order valence-electron chi connectivity index (χ2n) is 10.6. The van der Waals surface area contributed by atoms with Crippen LogP contribution in [0.4, 0.5) is 14.6 Å². The molecule has 10 nitrogen and oxygen atoms in total. The molecule has 1 aromatic heterocycles. The fourth-order valence-electron chi connectivity index (χ4n) is 5.41. The second-order valence-corrected chi connectivity index (χ2v) is 12.7. The number of aromatic nitrogens is 2. The molecule has 1 fully saturated rings. The van der Waals surface area contributed by atoms with Crippen molar-refractivity contribution in [1.82, 2.24) is 15.1 Å². The molecule has 1 atom stereocenters. The van der Waals surface area contributed by atoms with Crippen molar-refractivity contribution in [2.45, 2.75) is 57.0 Å². The number of anilines is 1. The molecule has 2 amide bonds. The molecule has 0 bridgehead atoms. The number of carbonyl (C=O) groups is 2. The Bertz CT molecular complexity index is 1370. The lowest BCUT2D eigenvalue weighted by atomic mass is 9.82. The van der Waals surface area contributed by atoms with Gasteiger partial charge in [-0.2, -0.15) is 5.10 Å². The summed E-state index contributed by atoms with van der Waals surface area (Å²) in [7, 11) is -3.55. The number of nitrogens with zero attached hydrogens (tertiary/aromatic N) is 2. The average molecular weight is 567 g/mol. The maximum atomic E-state index is 13.5. The SMILES string of the molecule is CS(=O)(=O)CC(=O)Nc1c2c(nn1CCC1CC1)C[C@@]1(CCc3cc(OCCOCC(F)F)ccc31)NC2=O. The smallest absolute Gasteiger partial charge is 0.261 e. The molecule has 2 heterocycles. The van der Waals surface area contributed by atoms with Crippen molar-refractivity contribution in [2.24, 2.45) is 5.92 Å². The number of carbonyl (C=O) groups excluding carboxylic acids is 2. The zero-order chi connectivity index (χ0) is 27.8. The number of rotatable bonds is 12. The van der Waals surface area contributed by atoms with Gasteiger partial charge in [0.15, 0.2) is 9.84 Å². The molecular formula is C26H32F2N4O6S. The van der Waals surface area contributed by atoms with E-state index < -0.39 is 40.1 Å². The molecule has 0 saturated heterocycles. The molecule has 5 rings (SSSR count). The van der Waals surface area contributed by atoms with Crippen molar-refractivity contribution in [1.29, 1.82) is 0 Å². The first-order chi connectivity index (χ1) is 18.5. The Balaban J connectivity index is 1.35. The van der Waals surface area contributed by atoms with E-state index in [1.165, 1.54) is 0 Å². The molecule has 1 saturated carbocycles. The van der Waals surface area contributed by atoms with E-state index in [0.29, 0.717) is 43.2 Å². The number of alkyl halides is 2. The molecule has 1 spiro atoms. The summed E-state index contributed by atoms with van der Waals surface area (Å²) in [4.78, 5) is 26.0. The number of fused-ring (bicyclic) bond motifs is 3. The summed E-state index contributed by atoms with van der Waals surface area (Å²) in [6.07, 6.45) is 3.39. The van der Waals surface area contributed by atoms with Gasteiger partial charge < -0.3 is 20.1 Å². The molecule has 0 radical (unpaired) electrons. The maximum absolute atomic E-state index is 13.5. The molecule has 2 N–H and O–H groups in total. The third kappa shape index (κ3) is 6.40. The molecule has 1 aromatic carbocycles. The van der Waals surface area contributed by atoms with Crippen LogP contribution in [0, 0.1) is 5.92 Å². The summed E-state index contributed by atoms with van der Waals surface area (Å²) in [5.41, 5.74) is 2.14. The van der Waals surface area contributed by atoms with Crippen LogP contribution >= 0.6 is 0 Å². The minimum absolute atomic E-state index is 0.0522. The van der Waals surface area contributed by atoms with E-state index in [9.17, 15) is 26.8 Å². The number of sulfone groups is 1. The number of amides is 2. The Morgan fingerprint density at radius 1 is 1.31 bits per heavy atom. The molecule has 3 aliphatic rings. The lowest BCUT2D eigenvalue weighted by Crippen LogP contribution is -2.49. The Hall–Kier alpha value is -3.06. The van der Waals surface area contributed by atoms with Gasteiger partial charge in [0.2, 0.25) is 5.91 Å². The first-order valence-electron chi connectivity index (χ1n) is 13.0. The Kier molecular flexibility index (Phi) is 7.64. The van der Waals surface area contributed by atoms with Crippen LogP contribution in [0.1, 0.15) is 52.9 Å². The number of hydrogen-bond donors (Lipinski definition) is 2. The Morgan fingerprint density at radius 3 is 2.82 bits per heavy atom. The lowest BCUT2D eigenvalue weighted by Gasteiger charge is -2.35. The van der Waals surface area contributed by atoms with Gasteiger partial charge in [0, 0.05) is 19.2 Å². The van der Waals surface area contributed by atoms with E-state index >= 15 is 0 Å². The topological polar surface area (TPSA) is 129 Å². The minimum Gasteiger partial charge on any atom is -0.491 e. The monoisotopic (exact) mass is 566 g/mol. The quantitative estimate of drug-likeness (QED) is 0.378. The number of benzene rings is 1. The van der Waals surface area contributed by atoms with E-state index in [0.717, 1.165) is 36.6 Å². The summed E-state index contributed by atoms with van der Waals surface area (Å²) in [6, 6.07) is 5.58. The van der Waals surface area contributed by atoms with Gasteiger partial charge >= 0.3 is 0 Å². The second kappa shape index (κ2) is 10.8. The van der Waals surface area contributed by atoms with Gasteiger partial charge in [0.1, 0.15) is 36.1 Å². The summed E-state index contributed by atoms with van der Waals surface area (Å²) in [6.45, 7) is 0.0848. The highest BCUT2D eigenvalue weighted by molar-refractivity contribution is 7.91. The molecule has 2 aromatic rings. The first kappa shape index (κ1) is 27.5. The van der Waals surface area contributed by atoms with Crippen LogP contribution in [-0.2, 0) is 44.3 Å². The highest BCUT2D eigenvalue weighted by atomic mass is 32.2. The van der Waals surface area contributed by atoms with Crippen molar-refractivity contribution >= 4 is 27.5 Å². The Morgan fingerprint density at radius 2 is 2.10 bits per heavy atom. The van der Waals surface area contributed by atoms with Crippen molar-refractivity contribution in [3.8, 4) is 5.75 Å². The molecule has 0 unspecified atom stereocenters. The van der Waals surface area contributed by atoms with E-state index in [1.54, 1.807) is 10.7 Å².